The molecule has 1 saturated heterocycles. The molecule has 5 rings (SSSR count). The molecule has 4 nitrogen and oxygen atoms in total. The van der Waals surface area contributed by atoms with E-state index < -0.39 is 0 Å². The van der Waals surface area contributed by atoms with Crippen molar-refractivity contribution in [2.45, 2.75) is 33.6 Å². The first-order valence-corrected chi connectivity index (χ1v) is 10.9. The van der Waals surface area contributed by atoms with E-state index in [1.54, 1.807) is 0 Å². The average molecular weight is 413 g/mol. The molecule has 1 aromatic heterocycles. The molecule has 2 saturated carbocycles. The maximum absolute atomic E-state index is 13.3. The second-order valence-electron chi connectivity index (χ2n) is 8.22. The number of anilines is 1. The Labute approximate surface area is 173 Å². The maximum Gasteiger partial charge on any atom is 0.240 e. The molecule has 2 amide bonds. The smallest absolute Gasteiger partial charge is 0.240 e. The fourth-order valence-electron chi connectivity index (χ4n) is 5.53. The molecule has 2 bridgehead atoms. The van der Waals surface area contributed by atoms with Gasteiger partial charge in [-0.3, -0.25) is 9.59 Å². The minimum absolute atomic E-state index is 0.0580. The highest BCUT2D eigenvalue weighted by atomic mass is 35.5. The lowest BCUT2D eigenvalue weighted by Gasteiger charge is -2.18. The van der Waals surface area contributed by atoms with Gasteiger partial charge in [-0.2, -0.15) is 0 Å². The molecule has 28 heavy (non-hydrogen) atoms. The SMILES string of the molecule is CC(C)=C1[C@H]2CC[C@H]1[C@@H]1C(=O)N(c3nc(-c4ccc(Cl)cc4)c(C)s3)C(=O)[C@H]12. The molecule has 1 aromatic carbocycles. The first-order chi connectivity index (χ1) is 13.4. The summed E-state index contributed by atoms with van der Waals surface area (Å²) < 4.78 is 0. The Hall–Kier alpha value is -1.98. The quantitative estimate of drug-likeness (QED) is 0.499. The van der Waals surface area contributed by atoms with Gasteiger partial charge in [0, 0.05) is 15.5 Å². The molecule has 0 unspecified atom stereocenters. The highest BCUT2D eigenvalue weighted by Gasteiger charge is 2.64. The van der Waals surface area contributed by atoms with Crippen LogP contribution in [0.25, 0.3) is 11.3 Å². The number of thiazole rings is 1. The van der Waals surface area contributed by atoms with Gasteiger partial charge in [-0.15, -0.1) is 11.3 Å². The van der Waals surface area contributed by atoms with Gasteiger partial charge in [0.15, 0.2) is 5.13 Å². The molecule has 2 heterocycles. The number of hydrogen-bond acceptors (Lipinski definition) is 4. The zero-order valence-corrected chi connectivity index (χ0v) is 17.6. The lowest BCUT2D eigenvalue weighted by atomic mass is 9.81. The van der Waals surface area contributed by atoms with Gasteiger partial charge in [0.1, 0.15) is 0 Å². The van der Waals surface area contributed by atoms with E-state index in [9.17, 15) is 9.59 Å². The van der Waals surface area contributed by atoms with Gasteiger partial charge in [0.25, 0.3) is 0 Å². The van der Waals surface area contributed by atoms with Crippen LogP contribution in [0.1, 0.15) is 31.6 Å². The van der Waals surface area contributed by atoms with E-state index in [0.717, 1.165) is 29.0 Å². The normalized spacial score (nSPS) is 28.4. The van der Waals surface area contributed by atoms with Gasteiger partial charge in [0.2, 0.25) is 11.8 Å². The third-order valence-corrected chi connectivity index (χ3v) is 7.73. The number of hydrogen-bond donors (Lipinski definition) is 0. The van der Waals surface area contributed by atoms with Crippen LogP contribution < -0.4 is 4.90 Å². The largest absolute Gasteiger partial charge is 0.274 e. The molecule has 3 fully saturated rings. The molecule has 2 aliphatic carbocycles. The first-order valence-electron chi connectivity index (χ1n) is 9.67. The summed E-state index contributed by atoms with van der Waals surface area (Å²) in [6, 6.07) is 7.48. The van der Waals surface area contributed by atoms with Crippen LogP contribution in [0.2, 0.25) is 5.02 Å². The Morgan fingerprint density at radius 2 is 1.64 bits per heavy atom. The number of rotatable bonds is 2. The fraction of sp³-hybridized carbons (Fsp3) is 0.409. The number of fused-ring (bicyclic) bond motifs is 5. The van der Waals surface area contributed by atoms with Crippen molar-refractivity contribution in [1.29, 1.82) is 0 Å². The number of halogens is 1. The third kappa shape index (κ3) is 2.39. The van der Waals surface area contributed by atoms with Gasteiger partial charge in [0.05, 0.1) is 17.5 Å². The summed E-state index contributed by atoms with van der Waals surface area (Å²) in [4.78, 5) is 33.6. The molecule has 4 atom stereocenters. The van der Waals surface area contributed by atoms with E-state index >= 15 is 0 Å². The summed E-state index contributed by atoms with van der Waals surface area (Å²) in [6.45, 7) is 6.19. The number of aromatic nitrogens is 1. The van der Waals surface area contributed by atoms with Crippen molar-refractivity contribution in [2.24, 2.45) is 23.7 Å². The minimum atomic E-state index is -0.195. The number of aryl methyl sites for hydroxylation is 1. The van der Waals surface area contributed by atoms with Gasteiger partial charge in [-0.1, -0.05) is 34.9 Å². The third-order valence-electron chi connectivity index (χ3n) is 6.52. The second kappa shape index (κ2) is 6.26. The van der Waals surface area contributed by atoms with Gasteiger partial charge >= 0.3 is 0 Å². The van der Waals surface area contributed by atoms with Crippen LogP contribution in [0.3, 0.4) is 0 Å². The van der Waals surface area contributed by atoms with Crippen molar-refractivity contribution in [1.82, 2.24) is 4.98 Å². The van der Waals surface area contributed by atoms with Crippen molar-refractivity contribution in [3.63, 3.8) is 0 Å². The summed E-state index contributed by atoms with van der Waals surface area (Å²) in [5.74, 6) is -0.0372. The Morgan fingerprint density at radius 3 is 2.18 bits per heavy atom. The minimum Gasteiger partial charge on any atom is -0.274 e. The van der Waals surface area contributed by atoms with Crippen LogP contribution >= 0.6 is 22.9 Å². The van der Waals surface area contributed by atoms with E-state index in [0.29, 0.717) is 10.2 Å². The van der Waals surface area contributed by atoms with E-state index in [1.807, 2.05) is 31.2 Å². The zero-order chi connectivity index (χ0) is 19.7. The molecule has 0 N–H and O–H groups in total. The molecular formula is C22H21ClN2O2S. The molecular weight excluding hydrogens is 392 g/mol. The van der Waals surface area contributed by atoms with Crippen molar-refractivity contribution in [3.8, 4) is 11.3 Å². The lowest BCUT2D eigenvalue weighted by Crippen LogP contribution is -2.33. The predicted octanol–water partition coefficient (Wildman–Crippen LogP) is 5.25. The van der Waals surface area contributed by atoms with Crippen LogP contribution in [0.4, 0.5) is 5.13 Å². The fourth-order valence-corrected chi connectivity index (χ4v) is 6.60. The van der Waals surface area contributed by atoms with E-state index in [1.165, 1.54) is 27.4 Å². The molecule has 0 spiro atoms. The Balaban J connectivity index is 1.52. The number of allylic oxidation sites excluding steroid dienone is 2. The molecule has 2 aromatic rings. The number of benzene rings is 1. The van der Waals surface area contributed by atoms with Crippen molar-refractivity contribution < 1.29 is 9.59 Å². The Kier molecular flexibility index (Phi) is 4.04. The van der Waals surface area contributed by atoms with E-state index in [-0.39, 0.29) is 35.5 Å². The standard InChI is InChI=1S/C22H21ClN2O2S/c1-10(2)16-14-8-9-15(16)18-17(14)20(26)25(21(18)27)22-24-19(11(3)28-22)12-4-6-13(23)7-5-12/h4-7,14-15,17-18H,8-9H2,1-3H3/t14-,15-,17+,18+/m1/s1. The van der Waals surface area contributed by atoms with Gasteiger partial charge in [-0.05, 0) is 57.6 Å². The topological polar surface area (TPSA) is 50.3 Å². The molecule has 6 heteroatoms. The van der Waals surface area contributed by atoms with Crippen molar-refractivity contribution in [3.05, 3.63) is 45.3 Å². The van der Waals surface area contributed by atoms with Crippen LogP contribution in [0, 0.1) is 30.6 Å². The number of amides is 2. The molecule has 1 aliphatic heterocycles. The number of nitrogens with zero attached hydrogens (tertiary/aromatic N) is 2. The number of carbonyl (C=O) groups is 2. The highest BCUT2D eigenvalue weighted by molar-refractivity contribution is 7.16. The van der Waals surface area contributed by atoms with E-state index in [4.69, 9.17) is 16.6 Å². The zero-order valence-electron chi connectivity index (χ0n) is 16.0. The number of carbonyl (C=O) groups excluding carboxylic acids is 2. The summed E-state index contributed by atoms with van der Waals surface area (Å²) in [6.07, 6.45) is 2.04. The van der Waals surface area contributed by atoms with Crippen molar-refractivity contribution in [2.75, 3.05) is 4.90 Å². The Bertz CT molecular complexity index is 1000. The van der Waals surface area contributed by atoms with Crippen LogP contribution in [-0.2, 0) is 9.59 Å². The van der Waals surface area contributed by atoms with Gasteiger partial charge in [-0.25, -0.2) is 9.88 Å². The molecule has 0 radical (unpaired) electrons. The second-order valence-corrected chi connectivity index (χ2v) is 9.84. The van der Waals surface area contributed by atoms with Crippen LogP contribution in [0.5, 0.6) is 0 Å². The van der Waals surface area contributed by atoms with E-state index in [2.05, 4.69) is 13.8 Å². The molecule has 3 aliphatic rings. The summed E-state index contributed by atoms with van der Waals surface area (Å²) in [7, 11) is 0. The number of imide groups is 1. The summed E-state index contributed by atoms with van der Waals surface area (Å²) >= 11 is 7.40. The van der Waals surface area contributed by atoms with Crippen LogP contribution in [0.15, 0.2) is 35.4 Å². The van der Waals surface area contributed by atoms with Crippen molar-refractivity contribution >= 4 is 39.9 Å². The summed E-state index contributed by atoms with van der Waals surface area (Å²) in [5, 5.41) is 1.17. The summed E-state index contributed by atoms with van der Waals surface area (Å²) in [5.41, 5.74) is 4.40. The van der Waals surface area contributed by atoms with Gasteiger partial charge < -0.3 is 0 Å². The lowest BCUT2D eigenvalue weighted by molar-refractivity contribution is -0.123. The van der Waals surface area contributed by atoms with Crippen LogP contribution in [-0.4, -0.2) is 16.8 Å². The monoisotopic (exact) mass is 412 g/mol. The maximum atomic E-state index is 13.3. The first kappa shape index (κ1) is 18.1. The highest BCUT2D eigenvalue weighted by Crippen LogP contribution is 2.60. The molecule has 144 valence electrons. The predicted molar refractivity (Wildman–Crippen MR) is 111 cm³/mol. The Morgan fingerprint density at radius 1 is 1.07 bits per heavy atom. The average Bonchev–Trinajstić information content (AvgIpc) is 3.37.